The number of nitrogens with zero attached hydrogens (tertiary/aromatic N) is 3. The van der Waals surface area contributed by atoms with Crippen LogP contribution < -0.4 is 10.6 Å². The molecule has 4 nitrogen and oxygen atoms in total. The third-order valence-corrected chi connectivity index (χ3v) is 4.66. The molecule has 2 N–H and O–H groups in total. The van der Waals surface area contributed by atoms with E-state index >= 15 is 0 Å². The van der Waals surface area contributed by atoms with Gasteiger partial charge >= 0.3 is 0 Å². The molecule has 1 spiro atoms. The highest BCUT2D eigenvalue weighted by atomic mass is 15.2. The summed E-state index contributed by atoms with van der Waals surface area (Å²) in [5.74, 6) is 2.36. The molecule has 0 bridgehead atoms. The van der Waals surface area contributed by atoms with Crippen LogP contribution >= 0.6 is 0 Å². The maximum absolute atomic E-state index is 5.80. The zero-order valence-electron chi connectivity index (χ0n) is 11.2. The van der Waals surface area contributed by atoms with E-state index in [1.54, 1.807) is 0 Å². The van der Waals surface area contributed by atoms with Crippen molar-refractivity contribution in [3.05, 3.63) is 11.9 Å². The Hall–Kier alpha value is -1.32. The highest BCUT2D eigenvalue weighted by Gasteiger charge is 2.37. The van der Waals surface area contributed by atoms with Crippen molar-refractivity contribution in [2.45, 2.75) is 45.4 Å². The molecule has 1 aromatic rings. The van der Waals surface area contributed by atoms with E-state index in [1.165, 1.54) is 38.5 Å². The van der Waals surface area contributed by atoms with E-state index in [1.807, 2.05) is 13.0 Å². The van der Waals surface area contributed by atoms with Gasteiger partial charge in [-0.3, -0.25) is 0 Å². The molecule has 3 rings (SSSR count). The zero-order chi connectivity index (χ0) is 12.6. The molecule has 1 saturated heterocycles. The summed E-state index contributed by atoms with van der Waals surface area (Å²) in [6, 6.07) is 1.90. The molecule has 0 aromatic carbocycles. The van der Waals surface area contributed by atoms with Crippen LogP contribution in [0, 0.1) is 12.3 Å². The summed E-state index contributed by atoms with van der Waals surface area (Å²) in [6.45, 7) is 4.15. The minimum Gasteiger partial charge on any atom is -0.384 e. The number of piperidine rings is 1. The highest BCUT2D eigenvalue weighted by molar-refractivity contribution is 5.47. The Bertz CT molecular complexity index is 407. The second-order valence-corrected chi connectivity index (χ2v) is 5.89. The van der Waals surface area contributed by atoms with E-state index in [0.29, 0.717) is 11.2 Å². The summed E-state index contributed by atoms with van der Waals surface area (Å²) in [7, 11) is 0. The second kappa shape index (κ2) is 4.41. The van der Waals surface area contributed by atoms with Crippen LogP contribution in [-0.4, -0.2) is 23.1 Å². The van der Waals surface area contributed by atoms with Crippen molar-refractivity contribution in [3.8, 4) is 0 Å². The number of nitrogen functional groups attached to an aromatic ring is 1. The molecular weight excluding hydrogens is 224 g/mol. The summed E-state index contributed by atoms with van der Waals surface area (Å²) >= 11 is 0. The number of aromatic nitrogens is 2. The second-order valence-electron chi connectivity index (χ2n) is 5.89. The van der Waals surface area contributed by atoms with Crippen molar-refractivity contribution in [3.63, 3.8) is 0 Å². The molecule has 1 aliphatic heterocycles. The van der Waals surface area contributed by atoms with Crippen molar-refractivity contribution < 1.29 is 0 Å². The number of rotatable bonds is 1. The van der Waals surface area contributed by atoms with Gasteiger partial charge in [-0.2, -0.15) is 0 Å². The van der Waals surface area contributed by atoms with Gasteiger partial charge in [-0.25, -0.2) is 9.97 Å². The summed E-state index contributed by atoms with van der Waals surface area (Å²) < 4.78 is 0. The third-order valence-electron chi connectivity index (χ3n) is 4.66. The average molecular weight is 246 g/mol. The summed E-state index contributed by atoms with van der Waals surface area (Å²) in [4.78, 5) is 11.0. The average Bonchev–Trinajstić information content (AvgIpc) is 2.77. The molecule has 0 amide bonds. The first-order chi connectivity index (χ1) is 8.67. The molecule has 2 aliphatic rings. The lowest BCUT2D eigenvalue weighted by atomic mass is 9.77. The summed E-state index contributed by atoms with van der Waals surface area (Å²) in [5.41, 5.74) is 6.46. The van der Waals surface area contributed by atoms with Crippen LogP contribution in [-0.2, 0) is 0 Å². The van der Waals surface area contributed by atoms with Crippen LogP contribution in [0.25, 0.3) is 0 Å². The fourth-order valence-electron chi connectivity index (χ4n) is 3.57. The lowest BCUT2D eigenvalue weighted by Gasteiger charge is -2.40. The van der Waals surface area contributed by atoms with Gasteiger partial charge in [0.2, 0.25) is 0 Å². The largest absolute Gasteiger partial charge is 0.384 e. The third kappa shape index (κ3) is 2.16. The molecule has 4 heteroatoms. The van der Waals surface area contributed by atoms with E-state index in [-0.39, 0.29) is 0 Å². The van der Waals surface area contributed by atoms with E-state index in [9.17, 15) is 0 Å². The van der Waals surface area contributed by atoms with E-state index < -0.39 is 0 Å². The maximum Gasteiger partial charge on any atom is 0.134 e. The van der Waals surface area contributed by atoms with Crippen LogP contribution in [0.4, 0.5) is 11.6 Å². The molecule has 1 aromatic heterocycles. The van der Waals surface area contributed by atoms with Crippen LogP contribution in [0.1, 0.15) is 44.3 Å². The van der Waals surface area contributed by atoms with Gasteiger partial charge in [-0.1, -0.05) is 12.8 Å². The van der Waals surface area contributed by atoms with E-state index in [2.05, 4.69) is 14.9 Å². The van der Waals surface area contributed by atoms with Gasteiger partial charge in [0.1, 0.15) is 17.5 Å². The van der Waals surface area contributed by atoms with Crippen molar-refractivity contribution in [2.24, 2.45) is 5.41 Å². The zero-order valence-corrected chi connectivity index (χ0v) is 11.2. The van der Waals surface area contributed by atoms with E-state index in [0.717, 1.165) is 24.7 Å². The van der Waals surface area contributed by atoms with Crippen LogP contribution in [0.5, 0.6) is 0 Å². The number of anilines is 2. The predicted molar refractivity (Wildman–Crippen MR) is 73.5 cm³/mol. The van der Waals surface area contributed by atoms with E-state index in [4.69, 9.17) is 5.73 Å². The van der Waals surface area contributed by atoms with Gasteiger partial charge in [0.05, 0.1) is 0 Å². The Morgan fingerprint density at radius 2 is 1.78 bits per heavy atom. The number of aryl methyl sites for hydroxylation is 1. The molecule has 18 heavy (non-hydrogen) atoms. The Morgan fingerprint density at radius 3 is 2.39 bits per heavy atom. The molecule has 1 saturated carbocycles. The van der Waals surface area contributed by atoms with Gasteiger partial charge < -0.3 is 10.6 Å². The standard InChI is InChI=1S/C14H22N4/c1-11-16-12(15)10-13(17-11)18-8-6-14(7-9-18)4-2-3-5-14/h10H,2-9H2,1H3,(H2,15,16,17). The molecule has 2 heterocycles. The Kier molecular flexibility index (Phi) is 2.88. The quantitative estimate of drug-likeness (QED) is 0.827. The van der Waals surface area contributed by atoms with Crippen molar-refractivity contribution in [1.82, 2.24) is 9.97 Å². The normalized spacial score (nSPS) is 22.6. The molecule has 0 radical (unpaired) electrons. The lowest BCUT2D eigenvalue weighted by Crippen LogP contribution is -2.39. The smallest absolute Gasteiger partial charge is 0.134 e. The summed E-state index contributed by atoms with van der Waals surface area (Å²) in [5, 5.41) is 0. The Labute approximate surface area is 109 Å². The lowest BCUT2D eigenvalue weighted by molar-refractivity contribution is 0.226. The first-order valence-electron chi connectivity index (χ1n) is 7.03. The molecular formula is C14H22N4. The van der Waals surface area contributed by atoms with Crippen molar-refractivity contribution in [2.75, 3.05) is 23.7 Å². The minimum atomic E-state index is 0.582. The van der Waals surface area contributed by atoms with Crippen LogP contribution in [0.15, 0.2) is 6.07 Å². The molecule has 1 aliphatic carbocycles. The fourth-order valence-corrected chi connectivity index (χ4v) is 3.57. The SMILES string of the molecule is Cc1nc(N)cc(N2CCC3(CCCC3)CC2)n1. The molecule has 2 fully saturated rings. The number of hydrogen-bond donors (Lipinski definition) is 1. The van der Waals surface area contributed by atoms with Crippen LogP contribution in [0.2, 0.25) is 0 Å². The number of hydrogen-bond acceptors (Lipinski definition) is 4. The monoisotopic (exact) mass is 246 g/mol. The topological polar surface area (TPSA) is 55.0 Å². The number of nitrogens with two attached hydrogens (primary N) is 1. The highest BCUT2D eigenvalue weighted by Crippen LogP contribution is 2.46. The Balaban J connectivity index is 1.72. The maximum atomic E-state index is 5.80. The Morgan fingerprint density at radius 1 is 1.11 bits per heavy atom. The summed E-state index contributed by atoms with van der Waals surface area (Å²) in [6.07, 6.45) is 8.36. The molecule has 98 valence electrons. The van der Waals surface area contributed by atoms with Gasteiger partial charge in [0.15, 0.2) is 0 Å². The van der Waals surface area contributed by atoms with Gasteiger partial charge in [0, 0.05) is 19.2 Å². The fraction of sp³-hybridized carbons (Fsp3) is 0.714. The predicted octanol–water partition coefficient (Wildman–Crippen LogP) is 2.53. The van der Waals surface area contributed by atoms with Gasteiger partial charge in [0.25, 0.3) is 0 Å². The van der Waals surface area contributed by atoms with Gasteiger partial charge in [-0.15, -0.1) is 0 Å². The molecule has 0 unspecified atom stereocenters. The minimum absolute atomic E-state index is 0.582. The van der Waals surface area contributed by atoms with Crippen molar-refractivity contribution >= 4 is 11.6 Å². The first kappa shape index (κ1) is 11.8. The van der Waals surface area contributed by atoms with Crippen LogP contribution in [0.3, 0.4) is 0 Å². The molecule has 0 atom stereocenters. The van der Waals surface area contributed by atoms with Crippen molar-refractivity contribution in [1.29, 1.82) is 0 Å². The van der Waals surface area contributed by atoms with Gasteiger partial charge in [-0.05, 0) is 38.0 Å². The first-order valence-corrected chi connectivity index (χ1v) is 7.03.